The number of carboxylic acids is 1. The summed E-state index contributed by atoms with van der Waals surface area (Å²) in [6.07, 6.45) is -7.50. The van der Waals surface area contributed by atoms with E-state index in [9.17, 15) is 53.7 Å². The number of hydrogen-bond acceptors (Lipinski definition) is 23. The number of ether oxygens (including phenoxy) is 2. The zero-order valence-corrected chi connectivity index (χ0v) is 67.1. The van der Waals surface area contributed by atoms with Crippen molar-refractivity contribution in [1.29, 1.82) is 5.41 Å². The molecule has 4 aliphatic rings. The lowest BCUT2D eigenvalue weighted by Crippen LogP contribution is -2.62. The van der Waals surface area contributed by atoms with E-state index in [1.54, 1.807) is 38.1 Å². The number of benzene rings is 3. The quantitative estimate of drug-likeness (QED) is 0.0152. The zero-order valence-electron chi connectivity index (χ0n) is 67.1. The molecule has 4 aromatic rings. The Balaban J connectivity index is 1.30. The van der Waals surface area contributed by atoms with Gasteiger partial charge in [0, 0.05) is 75.8 Å². The maximum absolute atomic E-state index is 15.6. The van der Waals surface area contributed by atoms with E-state index < -0.39 is 255 Å². The van der Waals surface area contributed by atoms with Crippen LogP contribution in [-0.4, -0.2) is 249 Å². The number of carbonyl (C=O) groups is 18. The second kappa shape index (κ2) is 44.4. The molecular formula is C79H105N19O23. The van der Waals surface area contributed by atoms with Crippen LogP contribution in [0.15, 0.2) is 79.0 Å². The third-order valence-electron chi connectivity index (χ3n) is 20.5. The summed E-state index contributed by atoms with van der Waals surface area (Å²) >= 11 is 0. The van der Waals surface area contributed by atoms with Crippen LogP contribution in [0.2, 0.25) is 0 Å². The van der Waals surface area contributed by atoms with Gasteiger partial charge in [-0.15, -0.1) is 0 Å². The number of nitrogens with one attached hydrogen (secondary N) is 16. The minimum absolute atomic E-state index is 0.00318. The number of nitrogens with two attached hydrogens (primary N) is 2. The molecule has 4 bridgehead atoms. The Kier molecular flexibility index (Phi) is 34.1. The molecule has 8 rings (SSSR count). The van der Waals surface area contributed by atoms with Gasteiger partial charge in [-0.1, -0.05) is 56.3 Å². The Morgan fingerprint density at radius 3 is 1.90 bits per heavy atom. The number of phenolic OH excluding ortho intramolecular Hbond substituents is 2. The number of H-pyrrole nitrogens is 1. The fourth-order valence-corrected chi connectivity index (χ4v) is 14.1. The van der Waals surface area contributed by atoms with Crippen LogP contribution in [0.5, 0.6) is 11.5 Å². The van der Waals surface area contributed by atoms with Gasteiger partial charge in [0.15, 0.2) is 5.96 Å². The van der Waals surface area contributed by atoms with E-state index in [2.05, 4.69) is 79.4 Å². The minimum atomic E-state index is -2.30. The molecular weight excluding hydrogens is 1580 g/mol. The van der Waals surface area contributed by atoms with Gasteiger partial charge in [-0.3, -0.25) is 86.9 Å². The van der Waals surface area contributed by atoms with E-state index >= 15 is 47.9 Å². The van der Waals surface area contributed by atoms with Crippen molar-refractivity contribution in [2.45, 2.75) is 221 Å². The summed E-state index contributed by atoms with van der Waals surface area (Å²) in [6.45, 7) is 3.95. The topological polar surface area (TPSA) is 650 Å². The molecule has 15 amide bonds. The van der Waals surface area contributed by atoms with E-state index in [1.165, 1.54) is 54.7 Å². The number of aromatic amines is 1. The Bertz CT molecular complexity index is 4500. The first-order valence-corrected chi connectivity index (χ1v) is 39.7. The number of guanidine groups is 1. The number of cyclic esters (lactones) is 1. The van der Waals surface area contributed by atoms with Crippen molar-refractivity contribution >= 4 is 123 Å². The Morgan fingerprint density at radius 2 is 1.23 bits per heavy atom. The predicted molar refractivity (Wildman–Crippen MR) is 426 cm³/mol. The van der Waals surface area contributed by atoms with Crippen molar-refractivity contribution in [3.05, 3.63) is 95.7 Å². The molecule has 3 aromatic carbocycles. The average Bonchev–Trinajstić information content (AvgIpc) is 1.71. The molecule has 121 heavy (non-hydrogen) atoms. The molecule has 23 N–H and O–H groups in total. The molecule has 0 spiro atoms. The maximum atomic E-state index is 15.6. The van der Waals surface area contributed by atoms with E-state index in [0.29, 0.717) is 27.6 Å². The van der Waals surface area contributed by atoms with Crippen molar-refractivity contribution in [2.75, 3.05) is 26.2 Å². The van der Waals surface area contributed by atoms with Gasteiger partial charge in [0.05, 0.1) is 12.8 Å². The fraction of sp³-hybridized carbons (Fsp3) is 0.506. The Hall–Kier alpha value is -13.5. The van der Waals surface area contributed by atoms with Crippen LogP contribution in [0.4, 0.5) is 0 Å². The average molecular weight is 1690 g/mol. The SMILES string of the molecule is CC(=O)NC(CCCNC(=N)N)C(=O)NC(CC(N)=O)C(=O)NC1C(=O)NC(CC(C)C)C(=O)NC2CCCCNC(=O)CCC(C(=O)NC(Cc3ccc(O)cc3)C(=O)O)NC(=O)C3CCC(=O)OCC(NC(=O)C4CCCN4C(=O)C(Cc4ccc(O)cc4)NC2=O)C(=O)NC(CC(=O)OC1C)C(=O)NC(Cc1c[nH]c2ccccc12)C(=O)N3. The molecule has 4 fully saturated rings. The second-order valence-corrected chi connectivity index (χ2v) is 30.5. The lowest BCUT2D eigenvalue weighted by molar-refractivity contribution is -0.154. The van der Waals surface area contributed by atoms with Gasteiger partial charge in [-0.05, 0) is 124 Å². The van der Waals surface area contributed by atoms with Crippen molar-refractivity contribution in [3.8, 4) is 11.5 Å². The first-order chi connectivity index (χ1) is 57.5. The fourth-order valence-electron chi connectivity index (χ4n) is 14.1. The molecule has 4 aliphatic heterocycles. The number of fused-ring (bicyclic) bond motifs is 13. The van der Waals surface area contributed by atoms with Crippen LogP contribution in [-0.2, 0) is 115 Å². The number of phenols is 2. The van der Waals surface area contributed by atoms with Crippen LogP contribution in [0, 0.1) is 11.3 Å². The number of aliphatic carboxylic acids is 1. The van der Waals surface area contributed by atoms with Gasteiger partial charge < -0.3 is 121 Å². The molecule has 0 saturated carbocycles. The number of nitrogens with zero attached hydrogens (tertiary/aromatic N) is 1. The van der Waals surface area contributed by atoms with Crippen molar-refractivity contribution in [1.82, 2.24) is 84.3 Å². The highest BCUT2D eigenvalue weighted by Crippen LogP contribution is 2.25. The lowest BCUT2D eigenvalue weighted by Gasteiger charge is -2.31. The van der Waals surface area contributed by atoms with Crippen molar-refractivity contribution in [3.63, 3.8) is 0 Å². The van der Waals surface area contributed by atoms with Gasteiger partial charge in [-0.2, -0.15) is 0 Å². The first kappa shape index (κ1) is 93.0. The number of primary amides is 1. The number of carbonyl (C=O) groups excluding carboxylic acids is 17. The molecule has 14 atom stereocenters. The Labute approximate surface area is 693 Å². The molecule has 42 nitrogen and oxygen atoms in total. The van der Waals surface area contributed by atoms with Gasteiger partial charge in [0.2, 0.25) is 88.6 Å². The lowest BCUT2D eigenvalue weighted by atomic mass is 10.00. The summed E-state index contributed by atoms with van der Waals surface area (Å²) in [6, 6.07) is -6.56. The third-order valence-corrected chi connectivity index (χ3v) is 20.5. The van der Waals surface area contributed by atoms with Crippen LogP contribution in [0.3, 0.4) is 0 Å². The van der Waals surface area contributed by atoms with Gasteiger partial charge in [-0.25, -0.2) is 4.79 Å². The van der Waals surface area contributed by atoms with Crippen molar-refractivity contribution < 1.29 is 111 Å². The van der Waals surface area contributed by atoms with E-state index in [4.69, 9.17) is 26.4 Å². The predicted octanol–water partition coefficient (Wildman–Crippen LogP) is -4.54. The monoisotopic (exact) mass is 1690 g/mol. The third kappa shape index (κ3) is 28.4. The molecule has 42 heteroatoms. The summed E-state index contributed by atoms with van der Waals surface area (Å²) in [5.74, 6) is -22.6. The molecule has 654 valence electrons. The van der Waals surface area contributed by atoms with Gasteiger partial charge in [0.25, 0.3) is 0 Å². The summed E-state index contributed by atoms with van der Waals surface area (Å²) in [5, 5.41) is 73.8. The largest absolute Gasteiger partial charge is 0.508 e. The molecule has 14 unspecified atom stereocenters. The highest BCUT2D eigenvalue weighted by molar-refractivity contribution is 6.02. The summed E-state index contributed by atoms with van der Waals surface area (Å²) in [4.78, 5) is 267. The standard InChI is InChI=1S/C79H105N19O23/c1-39(2)31-53-70(110)87-50-13-7-8-28-83-62(103)26-24-51(69(109)95-58(78(118)119)33-43-18-22-46(101)23-19-43)88-68(108)52-25-27-63(104)120-38-59(96-75(115)60-15-10-30-98(60)77(117)57(94-67(50)107)32-42-16-20-45(100)21-17-42)74(114)92-56(72(112)90-54(71(111)89-52)34-44-37-85-48-12-6-5-11-47(44)48)36-64(105)121-40(3)65(76(116)93-53)97-73(113)55(35-61(80)102)91-66(106)49(86-41(4)99)14-9-29-84-79(81)82/h5-6,11-12,16-23,37,39-40,49-60,65,85,100-101H,7-10,13-15,24-36,38H2,1-4H3,(H2,80,102)(H,83,103)(H,86,99)(H,87,110)(H,88,108)(H,89,111)(H,90,112)(H,91,106)(H,92,114)(H,93,116)(H,94,107)(H,95,109)(H,96,115)(H,97,113)(H,118,119)(H4,81,82,84). The summed E-state index contributed by atoms with van der Waals surface area (Å²) < 4.78 is 11.5. The molecule has 0 aliphatic carbocycles. The molecule has 5 heterocycles. The number of para-hydroxylation sites is 1. The number of aromatic nitrogens is 1. The Morgan fingerprint density at radius 1 is 0.612 bits per heavy atom. The number of esters is 2. The van der Waals surface area contributed by atoms with Crippen LogP contribution in [0.25, 0.3) is 10.9 Å². The maximum Gasteiger partial charge on any atom is 0.326 e. The van der Waals surface area contributed by atoms with E-state index in [1.807, 2.05) is 0 Å². The van der Waals surface area contributed by atoms with Crippen LogP contribution in [0.1, 0.15) is 134 Å². The minimum Gasteiger partial charge on any atom is -0.508 e. The summed E-state index contributed by atoms with van der Waals surface area (Å²) in [5.41, 5.74) is 12.6. The highest BCUT2D eigenvalue weighted by atomic mass is 16.5. The number of amides is 15. The van der Waals surface area contributed by atoms with E-state index in [0.717, 1.165) is 18.7 Å². The van der Waals surface area contributed by atoms with Crippen LogP contribution < -0.4 is 85.9 Å². The number of rotatable bonds is 22. The van der Waals surface area contributed by atoms with Gasteiger partial charge >= 0.3 is 17.9 Å². The zero-order chi connectivity index (χ0) is 88.3. The highest BCUT2D eigenvalue weighted by Gasteiger charge is 2.44. The number of aromatic hydroxyl groups is 2. The van der Waals surface area contributed by atoms with Gasteiger partial charge in [0.1, 0.15) is 103 Å². The smallest absolute Gasteiger partial charge is 0.326 e. The number of carboxylic acid groups (broad SMARTS) is 1. The normalized spacial score (nSPS) is 23.9. The first-order valence-electron chi connectivity index (χ1n) is 39.7. The molecule has 1 aromatic heterocycles. The van der Waals surface area contributed by atoms with Crippen molar-refractivity contribution in [2.24, 2.45) is 17.4 Å². The van der Waals surface area contributed by atoms with E-state index in [-0.39, 0.29) is 95.3 Å². The second-order valence-electron chi connectivity index (χ2n) is 30.5. The number of hydrogen-bond donors (Lipinski definition) is 21. The summed E-state index contributed by atoms with van der Waals surface area (Å²) in [7, 11) is 0. The molecule has 0 radical (unpaired) electrons. The molecule has 4 saturated heterocycles. The van der Waals surface area contributed by atoms with Crippen LogP contribution >= 0.6 is 0 Å².